The molecule has 1 saturated heterocycles. The molecule has 2 heterocycles. The molecule has 7 heteroatoms. The summed E-state index contributed by atoms with van der Waals surface area (Å²) in [5, 5.41) is 11.6. The van der Waals surface area contributed by atoms with Gasteiger partial charge in [-0.15, -0.1) is 0 Å². The van der Waals surface area contributed by atoms with Crippen LogP contribution in [-0.4, -0.2) is 52.1 Å². The van der Waals surface area contributed by atoms with E-state index in [-0.39, 0.29) is 5.11 Å². The van der Waals surface area contributed by atoms with Crippen molar-refractivity contribution in [3.63, 3.8) is 0 Å². The van der Waals surface area contributed by atoms with Crippen LogP contribution in [0.5, 0.6) is 0 Å². The van der Waals surface area contributed by atoms with E-state index in [1.165, 1.54) is 0 Å². The Labute approximate surface area is 118 Å². The van der Waals surface area contributed by atoms with Gasteiger partial charge >= 0.3 is 0 Å². The van der Waals surface area contributed by atoms with Crippen molar-refractivity contribution in [2.45, 2.75) is 6.92 Å². The van der Waals surface area contributed by atoms with E-state index in [0.29, 0.717) is 0 Å². The molecule has 0 bridgehead atoms. The third kappa shape index (κ3) is 3.69. The van der Waals surface area contributed by atoms with Gasteiger partial charge in [0.15, 0.2) is 0 Å². The molecular formula is C12H18N6S. The van der Waals surface area contributed by atoms with Gasteiger partial charge in [-0.3, -0.25) is 4.98 Å². The van der Waals surface area contributed by atoms with E-state index < -0.39 is 0 Å². The maximum atomic E-state index is 5.76. The highest BCUT2D eigenvalue weighted by Crippen LogP contribution is 2.05. The Balaban J connectivity index is 2.17. The van der Waals surface area contributed by atoms with E-state index in [2.05, 4.69) is 15.4 Å². The molecule has 0 atom stereocenters. The Morgan fingerprint density at radius 3 is 2.79 bits per heavy atom. The molecule has 1 aliphatic rings. The zero-order chi connectivity index (χ0) is 13.7. The molecule has 2 rings (SSSR count). The molecule has 102 valence electrons. The van der Waals surface area contributed by atoms with Crippen LogP contribution >= 0.6 is 12.2 Å². The summed E-state index contributed by atoms with van der Waals surface area (Å²) in [6.45, 7) is 5.36. The zero-order valence-corrected chi connectivity index (χ0v) is 11.7. The lowest BCUT2D eigenvalue weighted by Crippen LogP contribution is -2.54. The number of aromatic nitrogens is 1. The van der Waals surface area contributed by atoms with Gasteiger partial charge in [-0.25, -0.2) is 0 Å². The molecule has 0 amide bonds. The fourth-order valence-electron chi connectivity index (χ4n) is 1.86. The van der Waals surface area contributed by atoms with Gasteiger partial charge in [0.2, 0.25) is 5.11 Å². The van der Waals surface area contributed by atoms with Crippen LogP contribution in [0, 0.1) is 0 Å². The minimum Gasteiger partial charge on any atom is -0.374 e. The third-order valence-electron chi connectivity index (χ3n) is 2.84. The Bertz CT molecular complexity index is 455. The number of hydrogen-bond donors (Lipinski definition) is 2. The van der Waals surface area contributed by atoms with E-state index >= 15 is 0 Å². The molecule has 19 heavy (non-hydrogen) atoms. The van der Waals surface area contributed by atoms with Crippen LogP contribution in [0.1, 0.15) is 12.6 Å². The second-order valence-electron chi connectivity index (χ2n) is 4.23. The number of thiocarbonyl (C=S) groups is 1. The second kappa shape index (κ2) is 6.55. The zero-order valence-electron chi connectivity index (χ0n) is 10.9. The molecule has 0 aliphatic carbocycles. The highest BCUT2D eigenvalue weighted by Gasteiger charge is 2.19. The summed E-state index contributed by atoms with van der Waals surface area (Å²) in [7, 11) is 0. The molecule has 0 radical (unpaired) electrons. The lowest BCUT2D eigenvalue weighted by atomic mass is 10.3. The van der Waals surface area contributed by atoms with Crippen LogP contribution in [0.3, 0.4) is 0 Å². The van der Waals surface area contributed by atoms with Crippen LogP contribution in [0.15, 0.2) is 29.5 Å². The molecule has 0 unspecified atom stereocenters. The smallest absolute Gasteiger partial charge is 0.203 e. The van der Waals surface area contributed by atoms with Gasteiger partial charge in [0, 0.05) is 32.4 Å². The Kier molecular flexibility index (Phi) is 4.78. The lowest BCUT2D eigenvalue weighted by Gasteiger charge is -2.34. The van der Waals surface area contributed by atoms with Gasteiger partial charge in [-0.2, -0.15) is 15.2 Å². The topological polar surface area (TPSA) is 69.8 Å². The highest BCUT2D eigenvalue weighted by atomic mass is 32.1. The van der Waals surface area contributed by atoms with Crippen molar-refractivity contribution >= 4 is 23.0 Å². The number of nitrogens with one attached hydrogen (secondary N) is 1. The molecular weight excluding hydrogens is 260 g/mol. The minimum absolute atomic E-state index is 0.247. The van der Waals surface area contributed by atoms with Crippen molar-refractivity contribution in [2.75, 3.05) is 26.2 Å². The molecule has 6 nitrogen and oxygen atoms in total. The number of nitrogens with zero attached hydrogens (tertiary/aromatic N) is 4. The Hall–Kier alpha value is -1.57. The summed E-state index contributed by atoms with van der Waals surface area (Å²) in [6.07, 6.45) is 1.74. The summed E-state index contributed by atoms with van der Waals surface area (Å²) < 4.78 is 0. The van der Waals surface area contributed by atoms with E-state index in [0.717, 1.165) is 37.6 Å². The number of pyridine rings is 1. The van der Waals surface area contributed by atoms with Crippen molar-refractivity contribution in [1.29, 1.82) is 0 Å². The second-order valence-corrected chi connectivity index (χ2v) is 4.65. The number of rotatable bonds is 3. The molecule has 0 spiro atoms. The van der Waals surface area contributed by atoms with Gasteiger partial charge < -0.3 is 11.1 Å². The van der Waals surface area contributed by atoms with Crippen LogP contribution in [0.4, 0.5) is 0 Å². The van der Waals surface area contributed by atoms with Crippen molar-refractivity contribution in [2.24, 2.45) is 10.8 Å². The average molecular weight is 278 g/mol. The molecule has 1 aromatic rings. The summed E-state index contributed by atoms with van der Waals surface area (Å²) in [6, 6.07) is 5.71. The number of hydrazone groups is 1. The van der Waals surface area contributed by atoms with E-state index in [1.54, 1.807) is 11.3 Å². The molecule has 3 N–H and O–H groups in total. The van der Waals surface area contributed by atoms with Gasteiger partial charge in [-0.1, -0.05) is 6.07 Å². The van der Waals surface area contributed by atoms with Crippen molar-refractivity contribution < 1.29 is 0 Å². The first-order valence-corrected chi connectivity index (χ1v) is 6.61. The van der Waals surface area contributed by atoms with Crippen LogP contribution in [0.25, 0.3) is 0 Å². The summed E-state index contributed by atoms with van der Waals surface area (Å²) in [5.41, 5.74) is 7.36. The quantitative estimate of drug-likeness (QED) is 0.467. The fraction of sp³-hybridized carbons (Fsp3) is 0.417. The van der Waals surface area contributed by atoms with Gasteiger partial charge in [0.25, 0.3) is 0 Å². The predicted octanol–water partition coefficient (Wildman–Crippen LogP) is 0.171. The Morgan fingerprint density at radius 1 is 1.47 bits per heavy atom. The van der Waals surface area contributed by atoms with Crippen molar-refractivity contribution in [3.05, 3.63) is 30.1 Å². The maximum Gasteiger partial charge on any atom is 0.203 e. The first-order valence-electron chi connectivity index (χ1n) is 6.20. The first-order chi connectivity index (χ1) is 9.18. The maximum absolute atomic E-state index is 5.76. The highest BCUT2D eigenvalue weighted by molar-refractivity contribution is 7.80. The SMILES string of the molecule is CC(=NN(C(N)=S)N1CCNCC1)c1ccccn1. The van der Waals surface area contributed by atoms with Crippen molar-refractivity contribution in [3.8, 4) is 0 Å². The van der Waals surface area contributed by atoms with Crippen LogP contribution in [0.2, 0.25) is 0 Å². The molecule has 0 aromatic carbocycles. The van der Waals surface area contributed by atoms with E-state index in [9.17, 15) is 0 Å². The summed E-state index contributed by atoms with van der Waals surface area (Å²) in [4.78, 5) is 4.26. The lowest BCUT2D eigenvalue weighted by molar-refractivity contribution is 0.0359. The minimum atomic E-state index is 0.247. The van der Waals surface area contributed by atoms with E-state index in [4.69, 9.17) is 18.0 Å². The molecule has 1 aliphatic heterocycles. The molecule has 1 aromatic heterocycles. The number of nitrogens with two attached hydrogens (primary N) is 1. The molecule has 0 saturated carbocycles. The first kappa shape index (κ1) is 13.9. The third-order valence-corrected chi connectivity index (χ3v) is 3.00. The number of hydrazine groups is 1. The standard InChI is InChI=1S/C12H18N6S/c1-10(11-4-2-3-5-15-11)16-18(12(13)19)17-8-6-14-7-9-17/h2-5,14H,6-9H2,1H3,(H2,13,19). The van der Waals surface area contributed by atoms with Crippen LogP contribution in [-0.2, 0) is 0 Å². The van der Waals surface area contributed by atoms with Gasteiger partial charge in [0.1, 0.15) is 0 Å². The van der Waals surface area contributed by atoms with Crippen LogP contribution < -0.4 is 11.1 Å². The summed E-state index contributed by atoms with van der Waals surface area (Å²) in [5.74, 6) is 0. The Morgan fingerprint density at radius 2 is 2.21 bits per heavy atom. The monoisotopic (exact) mass is 278 g/mol. The van der Waals surface area contributed by atoms with Gasteiger partial charge in [0.05, 0.1) is 11.4 Å². The normalized spacial score (nSPS) is 17.2. The average Bonchev–Trinajstić information content (AvgIpc) is 2.46. The summed E-state index contributed by atoms with van der Waals surface area (Å²) >= 11 is 5.08. The predicted molar refractivity (Wildman–Crippen MR) is 79.5 cm³/mol. The molecule has 1 fully saturated rings. The number of hydrogen-bond acceptors (Lipinski definition) is 5. The van der Waals surface area contributed by atoms with Gasteiger partial charge in [-0.05, 0) is 31.3 Å². The largest absolute Gasteiger partial charge is 0.374 e. The fourth-order valence-corrected chi connectivity index (χ4v) is 2.02. The number of piperazine rings is 1. The van der Waals surface area contributed by atoms with E-state index in [1.807, 2.05) is 30.1 Å². The van der Waals surface area contributed by atoms with Crippen molar-refractivity contribution in [1.82, 2.24) is 20.4 Å².